The van der Waals surface area contributed by atoms with E-state index in [1.807, 2.05) is 5.32 Å². The maximum Gasteiger partial charge on any atom is 0.405 e. The van der Waals surface area contributed by atoms with Crippen LogP contribution in [0, 0.1) is 0 Å². The molecule has 0 radical (unpaired) electrons. The predicted octanol–water partition coefficient (Wildman–Crippen LogP) is 1.70. The van der Waals surface area contributed by atoms with Crippen molar-refractivity contribution in [3.63, 3.8) is 0 Å². The van der Waals surface area contributed by atoms with Gasteiger partial charge in [0.2, 0.25) is 16.0 Å². The Kier molecular flexibility index (Phi) is 4.61. The fourth-order valence-corrected chi connectivity index (χ4v) is 2.61. The summed E-state index contributed by atoms with van der Waals surface area (Å²) < 4.78 is 61.6. The van der Waals surface area contributed by atoms with Gasteiger partial charge in [0, 0.05) is 19.7 Å². The van der Waals surface area contributed by atoms with Crippen LogP contribution in [0.5, 0.6) is 0 Å². The number of sulfonamides is 1. The normalized spacial score (nSPS) is 12.6. The topological polar surface area (TPSA) is 91.0 Å². The van der Waals surface area contributed by atoms with Gasteiger partial charge in [-0.2, -0.15) is 18.2 Å². The fourth-order valence-electron chi connectivity index (χ4n) is 1.66. The number of alkyl halides is 3. The molecule has 0 amide bonds. The number of nitrogens with zero attached hydrogens (tertiary/aromatic N) is 3. The van der Waals surface area contributed by atoms with Crippen molar-refractivity contribution in [1.82, 2.24) is 19.5 Å². The first-order chi connectivity index (χ1) is 10.6. The van der Waals surface area contributed by atoms with Crippen LogP contribution in [-0.4, -0.2) is 54.7 Å². The minimum absolute atomic E-state index is 0.0428. The van der Waals surface area contributed by atoms with Crippen LogP contribution in [0.25, 0.3) is 11.4 Å². The molecule has 2 rings (SSSR count). The molecule has 0 atom stereocenters. The van der Waals surface area contributed by atoms with Gasteiger partial charge < -0.3 is 5.32 Å². The van der Waals surface area contributed by atoms with Crippen molar-refractivity contribution in [3.05, 3.63) is 24.3 Å². The second kappa shape index (κ2) is 6.16. The standard InChI is InChI=1S/C12H14F3N5O2S/c1-20(2)23(21,22)9-5-3-4-8(6-9)10-17-11(19-18-10)16-7-12(13,14)15/h3-6H,7H2,1-2H3,(H2,16,17,18,19). The van der Waals surface area contributed by atoms with Gasteiger partial charge in [-0.15, -0.1) is 5.10 Å². The minimum atomic E-state index is -4.39. The van der Waals surface area contributed by atoms with Gasteiger partial charge in [-0.05, 0) is 12.1 Å². The molecule has 7 nitrogen and oxygen atoms in total. The molecule has 0 fully saturated rings. The number of benzene rings is 1. The molecule has 1 heterocycles. The van der Waals surface area contributed by atoms with Crippen molar-refractivity contribution in [2.45, 2.75) is 11.1 Å². The van der Waals surface area contributed by atoms with Gasteiger partial charge in [0.25, 0.3) is 0 Å². The van der Waals surface area contributed by atoms with Gasteiger partial charge in [0.1, 0.15) is 6.54 Å². The Morgan fingerprint density at radius 2 is 2.00 bits per heavy atom. The van der Waals surface area contributed by atoms with E-state index in [9.17, 15) is 21.6 Å². The quantitative estimate of drug-likeness (QED) is 0.857. The zero-order chi connectivity index (χ0) is 17.3. The Bertz CT molecular complexity index is 786. The molecule has 1 aromatic heterocycles. The van der Waals surface area contributed by atoms with Crippen LogP contribution in [0.15, 0.2) is 29.2 Å². The first-order valence-corrected chi connectivity index (χ1v) is 7.79. The summed E-state index contributed by atoms with van der Waals surface area (Å²) in [5.74, 6) is -0.0660. The smallest absolute Gasteiger partial charge is 0.344 e. The number of H-pyrrole nitrogens is 1. The Hall–Kier alpha value is -2.14. The van der Waals surface area contributed by atoms with Crippen molar-refractivity contribution in [3.8, 4) is 11.4 Å². The summed E-state index contributed by atoms with van der Waals surface area (Å²) in [6.07, 6.45) is -4.39. The lowest BCUT2D eigenvalue weighted by Crippen LogP contribution is -2.22. The van der Waals surface area contributed by atoms with E-state index in [1.165, 1.54) is 32.3 Å². The third-order valence-electron chi connectivity index (χ3n) is 2.82. The van der Waals surface area contributed by atoms with Gasteiger partial charge in [-0.3, -0.25) is 5.10 Å². The molecule has 0 aliphatic carbocycles. The fraction of sp³-hybridized carbons (Fsp3) is 0.333. The first-order valence-electron chi connectivity index (χ1n) is 6.35. The van der Waals surface area contributed by atoms with Crippen molar-refractivity contribution in [2.75, 3.05) is 26.0 Å². The van der Waals surface area contributed by atoms with Crippen molar-refractivity contribution >= 4 is 16.0 Å². The Morgan fingerprint density at radius 1 is 1.30 bits per heavy atom. The number of rotatable bonds is 5. The van der Waals surface area contributed by atoms with Crippen LogP contribution in [-0.2, 0) is 10.0 Å². The van der Waals surface area contributed by atoms with E-state index in [-0.39, 0.29) is 16.7 Å². The zero-order valence-corrected chi connectivity index (χ0v) is 13.0. The number of anilines is 1. The summed E-state index contributed by atoms with van der Waals surface area (Å²) in [5, 5.41) is 8.12. The molecule has 1 aromatic carbocycles. The maximum absolute atomic E-state index is 12.1. The van der Waals surface area contributed by atoms with Crippen LogP contribution in [0.3, 0.4) is 0 Å². The summed E-state index contributed by atoms with van der Waals surface area (Å²) >= 11 is 0. The van der Waals surface area contributed by atoms with E-state index in [4.69, 9.17) is 0 Å². The van der Waals surface area contributed by atoms with E-state index >= 15 is 0 Å². The lowest BCUT2D eigenvalue weighted by molar-refractivity contribution is -0.115. The average Bonchev–Trinajstić information content (AvgIpc) is 2.93. The Morgan fingerprint density at radius 3 is 2.61 bits per heavy atom. The minimum Gasteiger partial charge on any atom is -0.344 e. The molecule has 0 bridgehead atoms. The van der Waals surface area contributed by atoms with E-state index in [0.717, 1.165) is 4.31 Å². The largest absolute Gasteiger partial charge is 0.405 e. The van der Waals surface area contributed by atoms with Crippen molar-refractivity contribution in [1.29, 1.82) is 0 Å². The molecule has 2 aromatic rings. The third kappa shape index (κ3) is 4.20. The van der Waals surface area contributed by atoms with Gasteiger partial charge in [0.15, 0.2) is 5.82 Å². The highest BCUT2D eigenvalue weighted by atomic mass is 32.2. The molecule has 0 aliphatic rings. The summed E-state index contributed by atoms with van der Waals surface area (Å²) in [7, 11) is -0.826. The third-order valence-corrected chi connectivity index (χ3v) is 4.63. The summed E-state index contributed by atoms with van der Waals surface area (Å²) in [4.78, 5) is 3.91. The molecule has 11 heteroatoms. The highest BCUT2D eigenvalue weighted by molar-refractivity contribution is 7.89. The SMILES string of the molecule is CN(C)S(=O)(=O)c1cccc(-c2nc(NCC(F)(F)F)n[nH]2)c1. The lowest BCUT2D eigenvalue weighted by Gasteiger charge is -2.11. The molecule has 0 unspecified atom stereocenters. The lowest BCUT2D eigenvalue weighted by atomic mass is 10.2. The van der Waals surface area contributed by atoms with Crippen LogP contribution in [0.2, 0.25) is 0 Å². The summed E-state index contributed by atoms with van der Waals surface area (Å²) in [6.45, 7) is -1.26. The monoisotopic (exact) mass is 349 g/mol. The Labute approximate surface area is 130 Å². The van der Waals surface area contributed by atoms with E-state index in [0.29, 0.717) is 5.56 Å². The zero-order valence-electron chi connectivity index (χ0n) is 12.2. The van der Waals surface area contributed by atoms with Gasteiger partial charge in [0.05, 0.1) is 4.90 Å². The summed E-state index contributed by atoms with van der Waals surface area (Å²) in [6, 6.07) is 5.86. The van der Waals surface area contributed by atoms with E-state index in [2.05, 4.69) is 15.2 Å². The van der Waals surface area contributed by atoms with Gasteiger partial charge >= 0.3 is 6.18 Å². The average molecular weight is 349 g/mol. The van der Waals surface area contributed by atoms with Gasteiger partial charge in [-0.1, -0.05) is 12.1 Å². The molecule has 126 valence electrons. The number of hydrogen-bond donors (Lipinski definition) is 2. The number of halogens is 3. The van der Waals surface area contributed by atoms with Crippen LogP contribution < -0.4 is 5.32 Å². The molecule has 2 N–H and O–H groups in total. The maximum atomic E-state index is 12.1. The van der Waals surface area contributed by atoms with Crippen LogP contribution in [0.4, 0.5) is 19.1 Å². The number of aromatic nitrogens is 3. The van der Waals surface area contributed by atoms with Crippen LogP contribution >= 0.6 is 0 Å². The second-order valence-corrected chi connectivity index (χ2v) is 6.94. The number of nitrogens with one attached hydrogen (secondary N) is 2. The molecule has 0 saturated heterocycles. The Balaban J connectivity index is 2.25. The van der Waals surface area contributed by atoms with E-state index in [1.54, 1.807) is 6.07 Å². The molecule has 0 saturated carbocycles. The second-order valence-electron chi connectivity index (χ2n) is 4.79. The van der Waals surface area contributed by atoms with Crippen molar-refractivity contribution < 1.29 is 21.6 Å². The van der Waals surface area contributed by atoms with Crippen LogP contribution in [0.1, 0.15) is 0 Å². The highest BCUT2D eigenvalue weighted by Gasteiger charge is 2.27. The van der Waals surface area contributed by atoms with Gasteiger partial charge in [-0.25, -0.2) is 12.7 Å². The molecular weight excluding hydrogens is 335 g/mol. The van der Waals surface area contributed by atoms with E-state index < -0.39 is 22.7 Å². The van der Waals surface area contributed by atoms with Crippen molar-refractivity contribution in [2.24, 2.45) is 0 Å². The number of aromatic amines is 1. The molecule has 23 heavy (non-hydrogen) atoms. The summed E-state index contributed by atoms with van der Waals surface area (Å²) in [5.41, 5.74) is 0.389. The number of hydrogen-bond acceptors (Lipinski definition) is 5. The molecular formula is C12H14F3N5O2S. The molecule has 0 spiro atoms. The highest BCUT2D eigenvalue weighted by Crippen LogP contribution is 2.22. The molecule has 0 aliphatic heterocycles. The first kappa shape index (κ1) is 17.2. The predicted molar refractivity (Wildman–Crippen MR) is 77.2 cm³/mol.